The largest absolute Gasteiger partial charge is 0.264 e. The molecule has 0 bridgehead atoms. The summed E-state index contributed by atoms with van der Waals surface area (Å²) in [5.41, 5.74) is 13.4. The maximum absolute atomic E-state index is 4.33. The summed E-state index contributed by atoms with van der Waals surface area (Å²) < 4.78 is 0. The molecule has 206 valence electrons. The predicted molar refractivity (Wildman–Crippen MR) is 180 cm³/mol. The lowest BCUT2D eigenvalue weighted by Crippen LogP contribution is -1.90. The molecule has 3 aromatic heterocycles. The molecule has 0 radical (unpaired) electrons. The zero-order valence-electron chi connectivity index (χ0n) is 24.1. The van der Waals surface area contributed by atoms with E-state index >= 15 is 0 Å². The van der Waals surface area contributed by atoms with Crippen LogP contribution in [-0.2, 0) is 0 Å². The van der Waals surface area contributed by atoms with Crippen molar-refractivity contribution in [2.24, 2.45) is 0 Å². The van der Waals surface area contributed by atoms with Crippen LogP contribution in [0.1, 0.15) is 18.1 Å². The van der Waals surface area contributed by atoms with E-state index in [0.717, 1.165) is 66.8 Å². The molecule has 0 saturated carbocycles. The van der Waals surface area contributed by atoms with E-state index in [1.165, 1.54) is 0 Å². The lowest BCUT2D eigenvalue weighted by Gasteiger charge is -2.14. The number of hydrogen-bond donors (Lipinski definition) is 0. The van der Waals surface area contributed by atoms with E-state index in [9.17, 15) is 0 Å². The van der Waals surface area contributed by atoms with Gasteiger partial charge in [0.05, 0.1) is 0 Å². The molecule has 0 spiro atoms. The van der Waals surface area contributed by atoms with Crippen LogP contribution < -0.4 is 0 Å². The van der Waals surface area contributed by atoms with E-state index in [1.807, 2.05) is 48.9 Å². The molecule has 0 aliphatic heterocycles. The molecular weight excluding hydrogens is 522 g/mol. The summed E-state index contributed by atoms with van der Waals surface area (Å²) in [5, 5.41) is 0. The summed E-state index contributed by atoms with van der Waals surface area (Å²) >= 11 is 0. The van der Waals surface area contributed by atoms with Crippen LogP contribution in [0, 0.1) is 0 Å². The monoisotopic (exact) mass is 553 g/mol. The fourth-order valence-corrected chi connectivity index (χ4v) is 5.22. The first-order valence-electron chi connectivity index (χ1n) is 14.3. The SMILES string of the molecule is C=C/C=C(\C=C(/C)c1cc(-c2cccc(-c3cccnc3)c2)cc(-c2cccc(-c3cccnc3)c2)c1)c1cccnc1. The molecule has 0 amide bonds. The second-order valence-electron chi connectivity index (χ2n) is 10.4. The van der Waals surface area contributed by atoms with Gasteiger partial charge in [0.25, 0.3) is 0 Å². The zero-order chi connectivity index (χ0) is 29.4. The number of hydrogen-bond acceptors (Lipinski definition) is 3. The van der Waals surface area contributed by atoms with Gasteiger partial charge in [-0.25, -0.2) is 0 Å². The molecule has 0 fully saturated rings. The van der Waals surface area contributed by atoms with Gasteiger partial charge in [-0.05, 0) is 111 Å². The van der Waals surface area contributed by atoms with E-state index < -0.39 is 0 Å². The van der Waals surface area contributed by atoms with Crippen LogP contribution in [0.25, 0.3) is 55.7 Å². The highest BCUT2D eigenvalue weighted by Gasteiger charge is 2.10. The zero-order valence-corrected chi connectivity index (χ0v) is 24.1. The van der Waals surface area contributed by atoms with Crippen LogP contribution in [-0.4, -0.2) is 15.0 Å². The molecule has 6 aromatic rings. The Morgan fingerprint density at radius 2 is 0.977 bits per heavy atom. The topological polar surface area (TPSA) is 38.7 Å². The molecule has 43 heavy (non-hydrogen) atoms. The Bertz CT molecular complexity index is 1820. The molecule has 3 nitrogen and oxygen atoms in total. The van der Waals surface area contributed by atoms with Gasteiger partial charge in [0.1, 0.15) is 0 Å². The van der Waals surface area contributed by atoms with Gasteiger partial charge in [0, 0.05) is 48.3 Å². The summed E-state index contributed by atoms with van der Waals surface area (Å²) in [6.45, 7) is 6.11. The molecular formula is C40H31N3. The van der Waals surface area contributed by atoms with E-state index in [-0.39, 0.29) is 0 Å². The molecule has 0 aliphatic rings. The lowest BCUT2D eigenvalue weighted by molar-refractivity contribution is 1.31. The summed E-state index contributed by atoms with van der Waals surface area (Å²) in [6, 6.07) is 36.3. The average molecular weight is 554 g/mol. The lowest BCUT2D eigenvalue weighted by atomic mass is 9.91. The van der Waals surface area contributed by atoms with Crippen molar-refractivity contribution in [3.63, 3.8) is 0 Å². The molecule has 6 rings (SSSR count). The second-order valence-corrected chi connectivity index (χ2v) is 10.4. The van der Waals surface area contributed by atoms with E-state index in [1.54, 1.807) is 18.6 Å². The van der Waals surface area contributed by atoms with Crippen LogP contribution in [0.5, 0.6) is 0 Å². The fourth-order valence-electron chi connectivity index (χ4n) is 5.22. The van der Waals surface area contributed by atoms with Crippen molar-refractivity contribution in [3.8, 4) is 44.5 Å². The Morgan fingerprint density at radius 3 is 1.44 bits per heavy atom. The standard InChI is InChI=1S/C40H31N3/c1-3-9-30(35-14-6-17-41-26-35)20-29(2)38-23-39(33-12-4-10-31(21-33)36-15-7-18-42-27-36)25-40(24-38)34-13-5-11-32(22-34)37-16-8-19-43-28-37/h3-28H,1H2,2H3/b29-20+,30-9+. The molecule has 0 unspecified atom stereocenters. The highest BCUT2D eigenvalue weighted by molar-refractivity contribution is 5.87. The minimum absolute atomic E-state index is 1.05. The van der Waals surface area contributed by atoms with Crippen LogP contribution in [0.15, 0.2) is 165 Å². The Hall–Kier alpha value is -5.67. The summed E-state index contributed by atoms with van der Waals surface area (Å²) in [5.74, 6) is 0. The van der Waals surface area contributed by atoms with Crippen molar-refractivity contribution in [3.05, 3.63) is 176 Å². The molecule has 3 heteroatoms. The van der Waals surface area contributed by atoms with Crippen molar-refractivity contribution in [2.45, 2.75) is 6.92 Å². The van der Waals surface area contributed by atoms with Gasteiger partial charge in [-0.1, -0.05) is 79.4 Å². The van der Waals surface area contributed by atoms with Crippen LogP contribution >= 0.6 is 0 Å². The van der Waals surface area contributed by atoms with Crippen LogP contribution in [0.2, 0.25) is 0 Å². The van der Waals surface area contributed by atoms with E-state index in [0.29, 0.717) is 0 Å². The fraction of sp³-hybridized carbons (Fsp3) is 0.0250. The van der Waals surface area contributed by atoms with Gasteiger partial charge in [-0.2, -0.15) is 0 Å². The van der Waals surface area contributed by atoms with Crippen LogP contribution in [0.4, 0.5) is 0 Å². The quantitative estimate of drug-likeness (QED) is 0.176. The first-order chi connectivity index (χ1) is 21.2. The third-order valence-electron chi connectivity index (χ3n) is 7.43. The van der Waals surface area contributed by atoms with Gasteiger partial charge in [0.15, 0.2) is 0 Å². The smallest absolute Gasteiger partial charge is 0.0346 e. The third kappa shape index (κ3) is 6.47. The normalized spacial score (nSPS) is 11.7. The Morgan fingerprint density at radius 1 is 0.512 bits per heavy atom. The highest BCUT2D eigenvalue weighted by atomic mass is 14.6. The van der Waals surface area contributed by atoms with Crippen molar-refractivity contribution in [1.82, 2.24) is 15.0 Å². The molecule has 0 atom stereocenters. The van der Waals surface area contributed by atoms with Crippen molar-refractivity contribution >= 4 is 11.1 Å². The van der Waals surface area contributed by atoms with E-state index in [2.05, 4.69) is 119 Å². The van der Waals surface area contributed by atoms with Gasteiger partial charge in [0.2, 0.25) is 0 Å². The number of aromatic nitrogens is 3. The molecule has 0 N–H and O–H groups in total. The van der Waals surface area contributed by atoms with Crippen LogP contribution in [0.3, 0.4) is 0 Å². The Labute approximate surface area is 253 Å². The minimum atomic E-state index is 1.05. The molecule has 0 saturated heterocycles. The highest BCUT2D eigenvalue weighted by Crippen LogP contribution is 2.35. The number of rotatable bonds is 8. The Kier molecular flexibility index (Phi) is 8.24. The van der Waals surface area contributed by atoms with E-state index in [4.69, 9.17) is 0 Å². The predicted octanol–water partition coefficient (Wildman–Crippen LogP) is 10.2. The first kappa shape index (κ1) is 27.5. The van der Waals surface area contributed by atoms with Gasteiger partial charge in [-0.3, -0.25) is 15.0 Å². The maximum atomic E-state index is 4.33. The first-order valence-corrected chi connectivity index (χ1v) is 14.3. The molecule has 0 aliphatic carbocycles. The third-order valence-corrected chi connectivity index (χ3v) is 7.43. The molecule has 3 aromatic carbocycles. The molecule has 3 heterocycles. The number of nitrogens with zero attached hydrogens (tertiary/aromatic N) is 3. The Balaban J connectivity index is 1.49. The van der Waals surface area contributed by atoms with Crippen molar-refractivity contribution in [2.75, 3.05) is 0 Å². The summed E-state index contributed by atoms with van der Waals surface area (Å²) in [7, 11) is 0. The number of allylic oxidation sites excluding steroid dienone is 5. The second kappa shape index (κ2) is 12.9. The van der Waals surface area contributed by atoms with Gasteiger partial charge in [-0.15, -0.1) is 0 Å². The van der Waals surface area contributed by atoms with Gasteiger partial charge < -0.3 is 0 Å². The number of benzene rings is 3. The average Bonchev–Trinajstić information content (AvgIpc) is 3.09. The van der Waals surface area contributed by atoms with Gasteiger partial charge >= 0.3 is 0 Å². The minimum Gasteiger partial charge on any atom is -0.264 e. The summed E-state index contributed by atoms with van der Waals surface area (Å²) in [6.07, 6.45) is 17.2. The van der Waals surface area contributed by atoms with Crippen molar-refractivity contribution in [1.29, 1.82) is 0 Å². The number of pyridine rings is 3. The summed E-state index contributed by atoms with van der Waals surface area (Å²) in [4.78, 5) is 13.0. The maximum Gasteiger partial charge on any atom is 0.0346 e. The van der Waals surface area contributed by atoms with Crippen molar-refractivity contribution < 1.29 is 0 Å².